The van der Waals surface area contributed by atoms with E-state index < -0.39 is 47.9 Å². The van der Waals surface area contributed by atoms with Gasteiger partial charge in [0.25, 0.3) is 0 Å². The third-order valence-electron chi connectivity index (χ3n) is 3.37. The van der Waals surface area contributed by atoms with Gasteiger partial charge in [0.2, 0.25) is 5.91 Å². The van der Waals surface area contributed by atoms with E-state index in [2.05, 4.69) is 15.4 Å². The maximum absolute atomic E-state index is 12.7. The van der Waals surface area contributed by atoms with Crippen molar-refractivity contribution in [2.75, 3.05) is 13.7 Å². The number of hydrogen-bond acceptors (Lipinski definition) is 5. The van der Waals surface area contributed by atoms with Gasteiger partial charge in [-0.25, -0.2) is 4.79 Å². The van der Waals surface area contributed by atoms with E-state index in [1.165, 1.54) is 0 Å². The molecule has 0 bridgehead atoms. The van der Waals surface area contributed by atoms with E-state index in [0.29, 0.717) is 0 Å². The molecule has 7 nitrogen and oxygen atoms in total. The van der Waals surface area contributed by atoms with Crippen LogP contribution in [0.1, 0.15) is 44.4 Å². The molecule has 2 N–H and O–H groups in total. The summed E-state index contributed by atoms with van der Waals surface area (Å²) in [6.07, 6.45) is -5.60. The zero-order valence-corrected chi connectivity index (χ0v) is 16.0. The molecule has 28 heavy (non-hydrogen) atoms. The lowest BCUT2D eigenvalue weighted by Crippen LogP contribution is -2.41. The average Bonchev–Trinajstić information content (AvgIpc) is 2.57. The van der Waals surface area contributed by atoms with E-state index in [1.54, 1.807) is 20.8 Å². The summed E-state index contributed by atoms with van der Waals surface area (Å²) in [5.41, 5.74) is -1.32. The molecule has 2 amide bonds. The number of methoxy groups -OCH3 is 1. The van der Waals surface area contributed by atoms with Gasteiger partial charge in [-0.1, -0.05) is 12.1 Å². The third-order valence-corrected chi connectivity index (χ3v) is 3.37. The number of hydrogen-bond donors (Lipinski definition) is 2. The fraction of sp³-hybridized carbons (Fsp3) is 0.500. The number of carbonyl (C=O) groups is 3. The smallest absolute Gasteiger partial charge is 0.416 e. The molecule has 1 atom stereocenters. The molecule has 0 aliphatic carbocycles. The van der Waals surface area contributed by atoms with Gasteiger partial charge < -0.3 is 20.1 Å². The van der Waals surface area contributed by atoms with E-state index in [4.69, 9.17) is 4.74 Å². The van der Waals surface area contributed by atoms with Crippen molar-refractivity contribution in [3.63, 3.8) is 0 Å². The first-order valence-electron chi connectivity index (χ1n) is 8.32. The summed E-state index contributed by atoms with van der Waals surface area (Å²) in [6, 6.07) is 3.11. The van der Waals surface area contributed by atoms with E-state index in [9.17, 15) is 27.6 Å². The highest BCUT2D eigenvalue weighted by atomic mass is 19.4. The van der Waals surface area contributed by atoms with Crippen LogP contribution in [0.25, 0.3) is 0 Å². The number of rotatable bonds is 6. The molecule has 1 aromatic carbocycles. The van der Waals surface area contributed by atoms with Gasteiger partial charge in [0.1, 0.15) is 12.1 Å². The van der Waals surface area contributed by atoms with Crippen molar-refractivity contribution in [2.45, 2.75) is 45.0 Å². The minimum Gasteiger partial charge on any atom is -0.469 e. The first-order chi connectivity index (χ1) is 12.8. The number of nitrogens with one attached hydrogen (secondary N) is 2. The fourth-order valence-electron chi connectivity index (χ4n) is 2.12. The number of benzene rings is 1. The summed E-state index contributed by atoms with van der Waals surface area (Å²) in [5.74, 6) is -1.31. The van der Waals surface area contributed by atoms with Crippen LogP contribution in [0, 0.1) is 0 Å². The number of ether oxygens (including phenoxy) is 2. The number of carbonyl (C=O) groups excluding carboxylic acids is 3. The van der Waals surface area contributed by atoms with Crippen LogP contribution in [0.2, 0.25) is 0 Å². The quantitative estimate of drug-likeness (QED) is 0.711. The second kappa shape index (κ2) is 9.43. The largest absolute Gasteiger partial charge is 0.469 e. The monoisotopic (exact) mass is 404 g/mol. The first kappa shape index (κ1) is 23.3. The minimum atomic E-state index is -4.50. The summed E-state index contributed by atoms with van der Waals surface area (Å²) in [7, 11) is 1.15. The highest BCUT2D eigenvalue weighted by Gasteiger charge is 2.30. The molecule has 0 aliphatic heterocycles. The lowest BCUT2D eigenvalue weighted by molar-refractivity contribution is -0.141. The molecule has 0 heterocycles. The highest BCUT2D eigenvalue weighted by molar-refractivity contribution is 5.83. The number of esters is 1. The summed E-state index contributed by atoms with van der Waals surface area (Å²) in [5, 5.41) is 4.74. The molecule has 0 saturated carbocycles. The molecule has 1 rings (SSSR count). The minimum absolute atomic E-state index is 0.281. The van der Waals surface area contributed by atoms with Crippen molar-refractivity contribution in [2.24, 2.45) is 0 Å². The second-order valence-electron chi connectivity index (χ2n) is 6.88. The van der Waals surface area contributed by atoms with Crippen molar-refractivity contribution in [1.82, 2.24) is 10.6 Å². The van der Waals surface area contributed by atoms with Crippen molar-refractivity contribution in [3.05, 3.63) is 35.4 Å². The zero-order valence-electron chi connectivity index (χ0n) is 16.0. The SMILES string of the molecule is COC(=O)C[C@H](NC(=O)CNC(=O)OC(C)(C)C)c1ccc(C(F)(F)F)cc1. The highest BCUT2D eigenvalue weighted by Crippen LogP contribution is 2.30. The van der Waals surface area contributed by atoms with E-state index >= 15 is 0 Å². The lowest BCUT2D eigenvalue weighted by atomic mass is 10.0. The fourth-order valence-corrected chi connectivity index (χ4v) is 2.12. The molecule has 0 fully saturated rings. The van der Waals surface area contributed by atoms with Gasteiger partial charge >= 0.3 is 18.2 Å². The molecule has 156 valence electrons. The Kier molecular flexibility index (Phi) is 7.83. The maximum atomic E-state index is 12.7. The van der Waals surface area contributed by atoms with Gasteiger partial charge in [-0.05, 0) is 38.5 Å². The number of halogens is 3. The molecule has 0 unspecified atom stereocenters. The number of amides is 2. The predicted octanol–water partition coefficient (Wildman–Crippen LogP) is 2.95. The standard InChI is InChI=1S/C18H23F3N2O5/c1-17(2,3)28-16(26)22-10-14(24)23-13(9-15(25)27-4)11-5-7-12(8-6-11)18(19,20)21/h5-8,13H,9-10H2,1-4H3,(H,22,26)(H,23,24)/t13-/m0/s1. The zero-order chi connectivity index (χ0) is 21.5. The summed E-state index contributed by atoms with van der Waals surface area (Å²) in [4.78, 5) is 35.2. The normalized spacial score (nSPS) is 12.7. The Morgan fingerprint density at radius 1 is 1.07 bits per heavy atom. The van der Waals surface area contributed by atoms with Crippen LogP contribution in [0.15, 0.2) is 24.3 Å². The molecule has 1 aromatic rings. The van der Waals surface area contributed by atoms with Crippen LogP contribution in [-0.4, -0.2) is 37.2 Å². The number of alkyl halides is 3. The molecule has 10 heteroatoms. The van der Waals surface area contributed by atoms with Crippen molar-refractivity contribution in [1.29, 1.82) is 0 Å². The van der Waals surface area contributed by atoms with E-state index in [0.717, 1.165) is 31.4 Å². The second-order valence-corrected chi connectivity index (χ2v) is 6.88. The Morgan fingerprint density at radius 3 is 2.11 bits per heavy atom. The molecular formula is C18H23F3N2O5. The van der Waals surface area contributed by atoms with Gasteiger partial charge in [-0.15, -0.1) is 0 Å². The van der Waals surface area contributed by atoms with Crippen LogP contribution in [0.3, 0.4) is 0 Å². The topological polar surface area (TPSA) is 93.7 Å². The first-order valence-corrected chi connectivity index (χ1v) is 8.32. The van der Waals surface area contributed by atoms with Crippen molar-refractivity contribution >= 4 is 18.0 Å². The molecule has 0 radical (unpaired) electrons. The Bertz CT molecular complexity index is 697. The Hall–Kier alpha value is -2.78. The Morgan fingerprint density at radius 2 is 1.64 bits per heavy atom. The average molecular weight is 404 g/mol. The van der Waals surface area contributed by atoms with Crippen molar-refractivity contribution in [3.8, 4) is 0 Å². The van der Waals surface area contributed by atoms with Crippen LogP contribution in [0.4, 0.5) is 18.0 Å². The van der Waals surface area contributed by atoms with Crippen LogP contribution >= 0.6 is 0 Å². The number of alkyl carbamates (subject to hydrolysis) is 1. The third kappa shape index (κ3) is 8.28. The lowest BCUT2D eigenvalue weighted by Gasteiger charge is -2.21. The van der Waals surface area contributed by atoms with E-state index in [-0.39, 0.29) is 12.0 Å². The molecule has 0 aliphatic rings. The van der Waals surface area contributed by atoms with Crippen LogP contribution < -0.4 is 10.6 Å². The molecule has 0 aromatic heterocycles. The van der Waals surface area contributed by atoms with Gasteiger partial charge in [0.15, 0.2) is 0 Å². The Balaban J connectivity index is 2.81. The van der Waals surface area contributed by atoms with Crippen molar-refractivity contribution < 1.29 is 37.0 Å². The molecular weight excluding hydrogens is 381 g/mol. The molecule has 0 saturated heterocycles. The van der Waals surface area contributed by atoms with E-state index in [1.807, 2.05) is 0 Å². The van der Waals surface area contributed by atoms with Gasteiger partial charge in [0, 0.05) is 0 Å². The van der Waals surface area contributed by atoms with Gasteiger partial charge in [0.05, 0.1) is 25.1 Å². The Labute approximate surface area is 160 Å². The van der Waals surface area contributed by atoms with Crippen LogP contribution in [-0.2, 0) is 25.2 Å². The van der Waals surface area contributed by atoms with Gasteiger partial charge in [-0.3, -0.25) is 9.59 Å². The maximum Gasteiger partial charge on any atom is 0.416 e. The summed E-state index contributed by atoms with van der Waals surface area (Å²) < 4.78 is 47.6. The predicted molar refractivity (Wildman–Crippen MR) is 93.2 cm³/mol. The molecule has 0 spiro atoms. The van der Waals surface area contributed by atoms with Gasteiger partial charge in [-0.2, -0.15) is 13.2 Å². The van der Waals surface area contributed by atoms with Crippen LogP contribution in [0.5, 0.6) is 0 Å². The summed E-state index contributed by atoms with van der Waals surface area (Å²) in [6.45, 7) is 4.53. The summed E-state index contributed by atoms with van der Waals surface area (Å²) >= 11 is 0.